The number of H-pyrrole nitrogens is 1. The lowest BCUT2D eigenvalue weighted by atomic mass is 9.98. The third kappa shape index (κ3) is 3.73. The summed E-state index contributed by atoms with van der Waals surface area (Å²) in [6.45, 7) is 2.95. The van der Waals surface area contributed by atoms with Gasteiger partial charge in [0, 0.05) is 22.4 Å². The Balaban J connectivity index is 1.59. The zero-order valence-corrected chi connectivity index (χ0v) is 14.9. The minimum atomic E-state index is -0.334. The number of nitrogen functional groups attached to an aromatic ring is 1. The summed E-state index contributed by atoms with van der Waals surface area (Å²) < 4.78 is 13.1. The molecule has 138 valence electrons. The van der Waals surface area contributed by atoms with Crippen molar-refractivity contribution in [2.75, 3.05) is 18.8 Å². The molecule has 1 fully saturated rings. The van der Waals surface area contributed by atoms with E-state index in [9.17, 15) is 4.39 Å². The Morgan fingerprint density at radius 1 is 1.15 bits per heavy atom. The zero-order valence-electron chi connectivity index (χ0n) is 14.9. The fourth-order valence-electron chi connectivity index (χ4n) is 3.33. The molecule has 6 nitrogen and oxygen atoms in total. The van der Waals surface area contributed by atoms with Gasteiger partial charge in [0.2, 0.25) is 0 Å². The third-order valence-corrected chi connectivity index (χ3v) is 4.82. The van der Waals surface area contributed by atoms with Crippen molar-refractivity contribution in [2.45, 2.75) is 19.4 Å². The van der Waals surface area contributed by atoms with Crippen LogP contribution in [0.15, 0.2) is 42.5 Å². The highest BCUT2D eigenvalue weighted by molar-refractivity contribution is 6.14. The highest BCUT2D eigenvalue weighted by atomic mass is 19.1. The second-order valence-electron chi connectivity index (χ2n) is 6.77. The van der Waals surface area contributed by atoms with E-state index in [0.717, 1.165) is 31.0 Å². The third-order valence-electron chi connectivity index (χ3n) is 4.82. The summed E-state index contributed by atoms with van der Waals surface area (Å²) in [6.07, 6.45) is 2.46. The van der Waals surface area contributed by atoms with E-state index in [0.29, 0.717) is 22.6 Å². The van der Waals surface area contributed by atoms with Crippen molar-refractivity contribution in [1.82, 2.24) is 20.1 Å². The average molecular weight is 364 g/mol. The Morgan fingerprint density at radius 2 is 1.89 bits per heavy atom. The first kappa shape index (κ1) is 17.4. The number of hydrogen-bond donors (Lipinski definition) is 3. The van der Waals surface area contributed by atoms with Crippen LogP contribution in [0, 0.1) is 11.2 Å². The molecule has 1 aliphatic heterocycles. The van der Waals surface area contributed by atoms with Gasteiger partial charge >= 0.3 is 0 Å². The molecule has 0 aliphatic carbocycles. The van der Waals surface area contributed by atoms with Crippen molar-refractivity contribution in [3.05, 3.63) is 65.2 Å². The number of rotatable bonds is 5. The van der Waals surface area contributed by atoms with Gasteiger partial charge in [-0.2, -0.15) is 5.10 Å². The average Bonchev–Trinajstić information content (AvgIpc) is 3.35. The van der Waals surface area contributed by atoms with Crippen molar-refractivity contribution in [2.24, 2.45) is 0 Å². The fourth-order valence-corrected chi connectivity index (χ4v) is 3.33. The van der Waals surface area contributed by atoms with E-state index in [1.807, 2.05) is 12.1 Å². The molecule has 1 aliphatic rings. The van der Waals surface area contributed by atoms with E-state index in [2.05, 4.69) is 20.1 Å². The summed E-state index contributed by atoms with van der Waals surface area (Å²) in [4.78, 5) is 6.94. The van der Waals surface area contributed by atoms with E-state index >= 15 is 0 Å². The van der Waals surface area contributed by atoms with Crippen LogP contribution < -0.4 is 5.73 Å². The molecule has 0 saturated carbocycles. The van der Waals surface area contributed by atoms with Crippen molar-refractivity contribution in [3.63, 3.8) is 0 Å². The van der Waals surface area contributed by atoms with Gasteiger partial charge in [-0.3, -0.25) is 15.4 Å². The topological polar surface area (TPSA) is 94.7 Å². The number of aromatic amines is 1. The number of nitrogens with zero attached hydrogens (tertiary/aromatic N) is 3. The molecule has 0 bridgehead atoms. The molecular formula is C20H21FN6. The number of aromatic nitrogens is 3. The molecule has 0 radical (unpaired) electrons. The first-order valence-corrected chi connectivity index (χ1v) is 8.98. The quantitative estimate of drug-likeness (QED) is 0.479. The van der Waals surface area contributed by atoms with Crippen molar-refractivity contribution < 1.29 is 4.39 Å². The van der Waals surface area contributed by atoms with Gasteiger partial charge in [-0.15, -0.1) is 0 Å². The molecule has 0 amide bonds. The Bertz CT molecular complexity index is 957. The standard InChI is InChI=1S/C20H21FN6/c21-15-6-3-13(4-7-15)19(23)16-11-14(5-8-17(16)22)20-24-18(25-26-20)12-27-9-1-2-10-27/h3-8,11,23H,1-2,9-10,12,22H2,(H,24,25,26). The maximum absolute atomic E-state index is 13.1. The molecule has 3 aromatic rings. The highest BCUT2D eigenvalue weighted by Gasteiger charge is 2.16. The summed E-state index contributed by atoms with van der Waals surface area (Å²) in [5.41, 5.74) is 8.77. The number of benzene rings is 2. The Labute approximate surface area is 156 Å². The van der Waals surface area contributed by atoms with Gasteiger partial charge in [0.15, 0.2) is 5.82 Å². The van der Waals surface area contributed by atoms with Crippen LogP contribution in [0.2, 0.25) is 0 Å². The van der Waals surface area contributed by atoms with Gasteiger partial charge in [-0.05, 0) is 68.4 Å². The summed E-state index contributed by atoms with van der Waals surface area (Å²) in [6, 6.07) is 11.2. The van der Waals surface area contributed by atoms with E-state index in [-0.39, 0.29) is 11.5 Å². The lowest BCUT2D eigenvalue weighted by Gasteiger charge is -2.11. The molecule has 4 rings (SSSR count). The van der Waals surface area contributed by atoms with E-state index < -0.39 is 0 Å². The Hall–Kier alpha value is -3.06. The van der Waals surface area contributed by atoms with Crippen LogP contribution in [-0.4, -0.2) is 38.9 Å². The number of nitrogens with one attached hydrogen (secondary N) is 2. The minimum absolute atomic E-state index is 0.238. The number of hydrogen-bond acceptors (Lipinski definition) is 5. The molecule has 0 spiro atoms. The van der Waals surface area contributed by atoms with Gasteiger partial charge in [-0.25, -0.2) is 9.37 Å². The van der Waals surface area contributed by atoms with Crippen molar-refractivity contribution in [3.8, 4) is 11.4 Å². The fraction of sp³-hybridized carbons (Fsp3) is 0.250. The molecule has 2 heterocycles. The summed E-state index contributed by atoms with van der Waals surface area (Å²) in [7, 11) is 0. The highest BCUT2D eigenvalue weighted by Crippen LogP contribution is 2.24. The van der Waals surface area contributed by atoms with Crippen molar-refractivity contribution >= 4 is 11.4 Å². The van der Waals surface area contributed by atoms with Gasteiger partial charge < -0.3 is 5.73 Å². The lowest BCUT2D eigenvalue weighted by Crippen LogP contribution is -2.19. The van der Waals surface area contributed by atoms with Crippen LogP contribution in [0.4, 0.5) is 10.1 Å². The molecule has 0 unspecified atom stereocenters. The normalized spacial score (nSPS) is 14.6. The first-order valence-electron chi connectivity index (χ1n) is 8.98. The molecule has 0 atom stereocenters. The number of likely N-dealkylation sites (tertiary alicyclic amines) is 1. The minimum Gasteiger partial charge on any atom is -0.398 e. The van der Waals surface area contributed by atoms with Gasteiger partial charge in [-0.1, -0.05) is 0 Å². The first-order chi connectivity index (χ1) is 13.1. The van der Waals surface area contributed by atoms with Gasteiger partial charge in [0.1, 0.15) is 11.6 Å². The van der Waals surface area contributed by atoms with Crippen LogP contribution in [0.1, 0.15) is 29.8 Å². The number of nitrogens with two attached hydrogens (primary N) is 1. The van der Waals surface area contributed by atoms with Gasteiger partial charge in [0.05, 0.1) is 12.3 Å². The smallest absolute Gasteiger partial charge is 0.181 e. The van der Waals surface area contributed by atoms with Crippen molar-refractivity contribution in [1.29, 1.82) is 5.41 Å². The van der Waals surface area contributed by atoms with E-state index in [1.165, 1.54) is 25.0 Å². The molecule has 1 aromatic heterocycles. The van der Waals surface area contributed by atoms with Crippen LogP contribution in [0.25, 0.3) is 11.4 Å². The van der Waals surface area contributed by atoms with Crippen LogP contribution in [0.5, 0.6) is 0 Å². The second-order valence-corrected chi connectivity index (χ2v) is 6.77. The van der Waals surface area contributed by atoms with Gasteiger partial charge in [0.25, 0.3) is 0 Å². The molecule has 7 heteroatoms. The summed E-state index contributed by atoms with van der Waals surface area (Å²) in [5, 5.41) is 15.8. The predicted molar refractivity (Wildman–Crippen MR) is 103 cm³/mol. The van der Waals surface area contributed by atoms with Crippen LogP contribution in [0.3, 0.4) is 0 Å². The SMILES string of the molecule is N=C(c1ccc(F)cc1)c1cc(-c2n[nH]c(CN3CCCC3)n2)ccc1N. The van der Waals surface area contributed by atoms with E-state index in [1.54, 1.807) is 18.2 Å². The number of anilines is 1. The summed E-state index contributed by atoms with van der Waals surface area (Å²) >= 11 is 0. The molecule has 4 N–H and O–H groups in total. The largest absolute Gasteiger partial charge is 0.398 e. The number of halogens is 1. The van der Waals surface area contributed by atoms with Crippen LogP contribution in [-0.2, 0) is 6.54 Å². The molecular weight excluding hydrogens is 343 g/mol. The molecule has 27 heavy (non-hydrogen) atoms. The summed E-state index contributed by atoms with van der Waals surface area (Å²) in [5.74, 6) is 1.08. The van der Waals surface area contributed by atoms with E-state index in [4.69, 9.17) is 11.1 Å². The molecule has 1 saturated heterocycles. The lowest BCUT2D eigenvalue weighted by molar-refractivity contribution is 0.323. The maximum Gasteiger partial charge on any atom is 0.181 e. The second kappa shape index (κ2) is 7.28. The maximum atomic E-state index is 13.1. The Morgan fingerprint density at radius 3 is 2.63 bits per heavy atom. The van der Waals surface area contributed by atoms with Crippen LogP contribution >= 0.6 is 0 Å². The monoisotopic (exact) mass is 364 g/mol. The molecule has 2 aromatic carbocycles. The zero-order chi connectivity index (χ0) is 18.8. The Kier molecular flexibility index (Phi) is 4.68. The predicted octanol–water partition coefficient (Wildman–Crippen LogP) is 3.20.